The molecule has 0 aliphatic carbocycles. The SMILES string of the molecule is COc1cccc(NC(=S)N/N=C/c2c(C)[nH]c3ccccc23)c1. The van der Waals surface area contributed by atoms with Gasteiger partial charge in [0.15, 0.2) is 5.11 Å². The number of rotatable bonds is 4. The van der Waals surface area contributed by atoms with E-state index in [1.807, 2.05) is 49.4 Å². The Morgan fingerprint density at radius 3 is 2.88 bits per heavy atom. The van der Waals surface area contributed by atoms with Gasteiger partial charge in [-0.25, -0.2) is 0 Å². The lowest BCUT2D eigenvalue weighted by atomic mass is 10.1. The van der Waals surface area contributed by atoms with Crippen LogP contribution in [0.5, 0.6) is 5.75 Å². The average molecular weight is 338 g/mol. The number of aryl methyl sites for hydroxylation is 1. The Morgan fingerprint density at radius 1 is 1.21 bits per heavy atom. The first-order chi connectivity index (χ1) is 11.7. The van der Waals surface area contributed by atoms with Gasteiger partial charge in [0.2, 0.25) is 0 Å². The van der Waals surface area contributed by atoms with Crippen LogP contribution < -0.4 is 15.5 Å². The first-order valence-corrected chi connectivity index (χ1v) is 7.89. The van der Waals surface area contributed by atoms with Gasteiger partial charge in [-0.15, -0.1) is 0 Å². The number of para-hydroxylation sites is 1. The fourth-order valence-electron chi connectivity index (χ4n) is 2.48. The standard InChI is InChI=1S/C18H18N4OS/c1-12-16(15-8-3-4-9-17(15)20-12)11-19-22-18(24)21-13-6-5-7-14(10-13)23-2/h3-11,20H,1-2H3,(H2,21,22,24)/b19-11+. The predicted molar refractivity (Wildman–Crippen MR) is 103 cm³/mol. The van der Waals surface area contributed by atoms with E-state index in [-0.39, 0.29) is 0 Å². The molecule has 0 radical (unpaired) electrons. The summed E-state index contributed by atoms with van der Waals surface area (Å²) in [5, 5.41) is 8.85. The number of nitrogens with zero attached hydrogens (tertiary/aromatic N) is 1. The Kier molecular flexibility index (Phi) is 4.77. The van der Waals surface area contributed by atoms with Crippen LogP contribution in [-0.4, -0.2) is 23.4 Å². The van der Waals surface area contributed by atoms with E-state index in [1.54, 1.807) is 13.3 Å². The number of nitrogens with one attached hydrogen (secondary N) is 3. The summed E-state index contributed by atoms with van der Waals surface area (Å²) in [4.78, 5) is 3.34. The third kappa shape index (κ3) is 3.55. The number of hydrazone groups is 1. The predicted octanol–water partition coefficient (Wildman–Crippen LogP) is 3.81. The van der Waals surface area contributed by atoms with Gasteiger partial charge in [-0.1, -0.05) is 24.3 Å². The molecule has 3 rings (SSSR count). The van der Waals surface area contributed by atoms with Crippen LogP contribution in [0.15, 0.2) is 53.6 Å². The number of hydrogen-bond donors (Lipinski definition) is 3. The van der Waals surface area contributed by atoms with Crippen molar-refractivity contribution in [3.05, 3.63) is 59.8 Å². The molecule has 0 aliphatic heterocycles. The zero-order chi connectivity index (χ0) is 16.9. The Hall–Kier alpha value is -2.86. The van der Waals surface area contributed by atoms with Crippen molar-refractivity contribution in [2.45, 2.75) is 6.92 Å². The fourth-order valence-corrected chi connectivity index (χ4v) is 2.65. The summed E-state index contributed by atoms with van der Waals surface area (Å²) < 4.78 is 5.18. The maximum absolute atomic E-state index is 5.25. The van der Waals surface area contributed by atoms with Gasteiger partial charge in [0.25, 0.3) is 0 Å². The van der Waals surface area contributed by atoms with Gasteiger partial charge < -0.3 is 15.0 Å². The molecule has 0 saturated heterocycles. The third-order valence-electron chi connectivity index (χ3n) is 3.63. The van der Waals surface area contributed by atoms with E-state index in [0.29, 0.717) is 5.11 Å². The van der Waals surface area contributed by atoms with Crippen LogP contribution in [-0.2, 0) is 0 Å². The number of benzene rings is 2. The smallest absolute Gasteiger partial charge is 0.191 e. The summed E-state index contributed by atoms with van der Waals surface area (Å²) in [7, 11) is 1.63. The Labute approximate surface area is 145 Å². The maximum Gasteiger partial charge on any atom is 0.191 e. The van der Waals surface area contributed by atoms with Crippen LogP contribution in [0.2, 0.25) is 0 Å². The molecule has 1 aromatic heterocycles. The van der Waals surface area contributed by atoms with Gasteiger partial charge in [-0.2, -0.15) is 5.10 Å². The van der Waals surface area contributed by atoms with Gasteiger partial charge in [-0.05, 0) is 37.3 Å². The maximum atomic E-state index is 5.25. The Morgan fingerprint density at radius 2 is 2.04 bits per heavy atom. The van der Waals surface area contributed by atoms with Crippen molar-refractivity contribution < 1.29 is 4.74 Å². The molecule has 0 bridgehead atoms. The van der Waals surface area contributed by atoms with Crippen molar-refractivity contribution in [3.8, 4) is 5.75 Å². The van der Waals surface area contributed by atoms with E-state index in [4.69, 9.17) is 17.0 Å². The molecule has 0 saturated carbocycles. The summed E-state index contributed by atoms with van der Waals surface area (Å²) >= 11 is 5.25. The molecule has 0 fully saturated rings. The number of ether oxygens (including phenoxy) is 1. The van der Waals surface area contributed by atoms with Crippen LogP contribution in [0.1, 0.15) is 11.3 Å². The molecule has 0 amide bonds. The van der Waals surface area contributed by atoms with Crippen LogP contribution in [0.3, 0.4) is 0 Å². The summed E-state index contributed by atoms with van der Waals surface area (Å²) in [6, 6.07) is 15.7. The minimum absolute atomic E-state index is 0.414. The lowest BCUT2D eigenvalue weighted by Crippen LogP contribution is -2.23. The zero-order valence-corrected chi connectivity index (χ0v) is 14.3. The molecule has 0 unspecified atom stereocenters. The number of fused-ring (bicyclic) bond motifs is 1. The van der Waals surface area contributed by atoms with E-state index in [0.717, 1.165) is 33.6 Å². The van der Waals surface area contributed by atoms with Crippen LogP contribution in [0, 0.1) is 6.92 Å². The van der Waals surface area contributed by atoms with E-state index in [9.17, 15) is 0 Å². The van der Waals surface area contributed by atoms with Crippen molar-refractivity contribution in [1.29, 1.82) is 0 Å². The number of aromatic amines is 1. The molecule has 122 valence electrons. The van der Waals surface area contributed by atoms with E-state index >= 15 is 0 Å². The van der Waals surface area contributed by atoms with Gasteiger partial charge >= 0.3 is 0 Å². The van der Waals surface area contributed by atoms with E-state index in [2.05, 4.69) is 26.9 Å². The lowest BCUT2D eigenvalue weighted by Gasteiger charge is -2.08. The molecule has 6 heteroatoms. The lowest BCUT2D eigenvalue weighted by molar-refractivity contribution is 0.415. The number of H-pyrrole nitrogens is 1. The highest BCUT2D eigenvalue weighted by atomic mass is 32.1. The number of aromatic nitrogens is 1. The number of anilines is 1. The monoisotopic (exact) mass is 338 g/mol. The molecule has 24 heavy (non-hydrogen) atoms. The molecule has 1 heterocycles. The minimum Gasteiger partial charge on any atom is -0.497 e. The van der Waals surface area contributed by atoms with E-state index in [1.165, 1.54) is 0 Å². The molecular weight excluding hydrogens is 320 g/mol. The molecular formula is C18H18N4OS. The second-order valence-corrected chi connectivity index (χ2v) is 5.67. The molecule has 3 aromatic rings. The number of thiocarbonyl (C=S) groups is 1. The molecule has 0 spiro atoms. The topological polar surface area (TPSA) is 61.4 Å². The van der Waals surface area contributed by atoms with Crippen molar-refractivity contribution in [1.82, 2.24) is 10.4 Å². The zero-order valence-electron chi connectivity index (χ0n) is 13.5. The first-order valence-electron chi connectivity index (χ1n) is 7.49. The molecule has 0 atom stereocenters. The van der Waals surface area contributed by atoms with Crippen molar-refractivity contribution in [2.75, 3.05) is 12.4 Å². The number of methoxy groups -OCH3 is 1. The summed E-state index contributed by atoms with van der Waals surface area (Å²) in [6.45, 7) is 2.02. The fraction of sp³-hybridized carbons (Fsp3) is 0.111. The largest absolute Gasteiger partial charge is 0.497 e. The Bertz CT molecular complexity index is 901. The normalized spacial score (nSPS) is 10.9. The van der Waals surface area contributed by atoms with Crippen molar-refractivity contribution in [2.24, 2.45) is 5.10 Å². The van der Waals surface area contributed by atoms with Gasteiger partial charge in [0.1, 0.15) is 5.75 Å². The van der Waals surface area contributed by atoms with Crippen molar-refractivity contribution >= 4 is 40.1 Å². The first kappa shape index (κ1) is 16.0. The average Bonchev–Trinajstić information content (AvgIpc) is 2.91. The summed E-state index contributed by atoms with van der Waals surface area (Å²) in [5.74, 6) is 0.765. The van der Waals surface area contributed by atoms with Gasteiger partial charge in [0.05, 0.1) is 13.3 Å². The highest BCUT2D eigenvalue weighted by molar-refractivity contribution is 7.80. The van der Waals surface area contributed by atoms with Crippen molar-refractivity contribution in [3.63, 3.8) is 0 Å². The van der Waals surface area contributed by atoms with Crippen LogP contribution in [0.25, 0.3) is 10.9 Å². The van der Waals surface area contributed by atoms with Gasteiger partial charge in [-0.3, -0.25) is 5.43 Å². The summed E-state index contributed by atoms with van der Waals surface area (Å²) in [5.41, 5.74) is 6.87. The van der Waals surface area contributed by atoms with Gasteiger partial charge in [0, 0.05) is 33.9 Å². The molecule has 2 aromatic carbocycles. The van der Waals surface area contributed by atoms with Crippen LogP contribution >= 0.6 is 12.2 Å². The highest BCUT2D eigenvalue weighted by Crippen LogP contribution is 2.20. The molecule has 3 N–H and O–H groups in total. The number of hydrogen-bond acceptors (Lipinski definition) is 3. The van der Waals surface area contributed by atoms with E-state index < -0.39 is 0 Å². The minimum atomic E-state index is 0.414. The molecule has 5 nitrogen and oxygen atoms in total. The second kappa shape index (κ2) is 7.14. The Balaban J connectivity index is 1.67. The van der Waals surface area contributed by atoms with Crippen LogP contribution in [0.4, 0.5) is 5.69 Å². The summed E-state index contributed by atoms with van der Waals surface area (Å²) in [6.07, 6.45) is 1.77. The third-order valence-corrected chi connectivity index (χ3v) is 3.82. The highest BCUT2D eigenvalue weighted by Gasteiger charge is 2.05. The quantitative estimate of drug-likeness (QED) is 0.385. The second-order valence-electron chi connectivity index (χ2n) is 5.27. The molecule has 0 aliphatic rings.